The van der Waals surface area contributed by atoms with Crippen molar-refractivity contribution < 1.29 is 4.52 Å². The van der Waals surface area contributed by atoms with Crippen LogP contribution in [0.15, 0.2) is 51.1 Å². The van der Waals surface area contributed by atoms with Crippen LogP contribution in [-0.2, 0) is 12.3 Å². The number of hydrogen-bond acceptors (Lipinski definition) is 6. The lowest BCUT2D eigenvalue weighted by molar-refractivity contribution is 0.392. The van der Waals surface area contributed by atoms with Crippen molar-refractivity contribution in [2.24, 2.45) is 0 Å². The van der Waals surface area contributed by atoms with E-state index in [0.717, 1.165) is 28.1 Å². The fourth-order valence-corrected chi connectivity index (χ4v) is 4.05. The third kappa shape index (κ3) is 3.54. The maximum absolute atomic E-state index is 12.0. The van der Waals surface area contributed by atoms with Crippen molar-refractivity contribution in [3.05, 3.63) is 58.2 Å². The van der Waals surface area contributed by atoms with Crippen LogP contribution in [0.3, 0.4) is 0 Å². The van der Waals surface area contributed by atoms with Gasteiger partial charge in [0.15, 0.2) is 0 Å². The van der Waals surface area contributed by atoms with Crippen molar-refractivity contribution in [1.82, 2.24) is 19.7 Å². The summed E-state index contributed by atoms with van der Waals surface area (Å²) in [6.45, 7) is 0.695. The zero-order chi connectivity index (χ0) is 17.1. The first-order valence-corrected chi connectivity index (χ1v) is 9.96. The molecule has 0 bridgehead atoms. The summed E-state index contributed by atoms with van der Waals surface area (Å²) in [5.74, 6) is 2.89. The number of aryl methyl sites for hydroxylation is 1. The zero-order valence-electron chi connectivity index (χ0n) is 13.3. The van der Waals surface area contributed by atoms with Gasteiger partial charge in [-0.15, -0.1) is 11.3 Å². The van der Waals surface area contributed by atoms with Crippen LogP contribution in [0, 0.1) is 0 Å². The highest BCUT2D eigenvalue weighted by Crippen LogP contribution is 2.22. The van der Waals surface area contributed by atoms with Crippen LogP contribution < -0.4 is 5.69 Å². The lowest BCUT2D eigenvalue weighted by Crippen LogP contribution is -2.17. The molecule has 6 nitrogen and oxygen atoms in total. The predicted molar refractivity (Wildman–Crippen MR) is 101 cm³/mol. The second-order valence-electron chi connectivity index (χ2n) is 5.49. The Morgan fingerprint density at radius 2 is 2.16 bits per heavy atom. The molecule has 0 saturated heterocycles. The topological polar surface area (TPSA) is 76.7 Å². The number of H-pyrrole nitrogens is 1. The number of hydrogen-bond donors (Lipinski definition) is 1. The first-order chi connectivity index (χ1) is 12.3. The van der Waals surface area contributed by atoms with E-state index in [1.807, 2.05) is 41.8 Å². The smallest absolute Gasteiger partial charge is 0.326 e. The van der Waals surface area contributed by atoms with E-state index in [0.29, 0.717) is 24.0 Å². The molecule has 1 aromatic carbocycles. The molecule has 0 fully saturated rings. The highest BCUT2D eigenvalue weighted by Gasteiger charge is 2.09. The molecular formula is C17H16N4O2S2. The van der Waals surface area contributed by atoms with E-state index in [9.17, 15) is 4.79 Å². The normalized spacial score (nSPS) is 11.4. The van der Waals surface area contributed by atoms with Gasteiger partial charge in [0.1, 0.15) is 0 Å². The van der Waals surface area contributed by atoms with Crippen molar-refractivity contribution in [2.75, 3.05) is 5.75 Å². The van der Waals surface area contributed by atoms with E-state index < -0.39 is 0 Å². The molecule has 0 amide bonds. The van der Waals surface area contributed by atoms with Crippen molar-refractivity contribution in [1.29, 1.82) is 0 Å². The Hall–Kier alpha value is -2.32. The molecule has 0 aliphatic carbocycles. The first kappa shape index (κ1) is 16.2. The predicted octanol–water partition coefficient (Wildman–Crippen LogP) is 3.76. The van der Waals surface area contributed by atoms with E-state index in [2.05, 4.69) is 15.1 Å². The molecule has 3 heterocycles. The van der Waals surface area contributed by atoms with Crippen LogP contribution in [-0.4, -0.2) is 25.4 Å². The minimum atomic E-state index is -0.0521. The molecule has 1 N–H and O–H groups in total. The van der Waals surface area contributed by atoms with Crippen LogP contribution in [0.25, 0.3) is 21.7 Å². The van der Waals surface area contributed by atoms with Crippen molar-refractivity contribution in [3.63, 3.8) is 0 Å². The Balaban J connectivity index is 1.29. The highest BCUT2D eigenvalue weighted by atomic mass is 32.2. The van der Waals surface area contributed by atoms with Crippen LogP contribution >= 0.6 is 23.1 Å². The number of fused-ring (bicyclic) bond motifs is 1. The van der Waals surface area contributed by atoms with Gasteiger partial charge in [0, 0.05) is 6.54 Å². The van der Waals surface area contributed by atoms with E-state index in [1.54, 1.807) is 27.7 Å². The fourth-order valence-electron chi connectivity index (χ4n) is 2.63. The van der Waals surface area contributed by atoms with Gasteiger partial charge < -0.3 is 9.51 Å². The van der Waals surface area contributed by atoms with E-state index in [4.69, 9.17) is 4.52 Å². The van der Waals surface area contributed by atoms with Gasteiger partial charge in [0.25, 0.3) is 0 Å². The third-order valence-corrected chi connectivity index (χ3v) is 5.68. The maximum Gasteiger partial charge on any atom is 0.326 e. The van der Waals surface area contributed by atoms with Crippen LogP contribution in [0.4, 0.5) is 0 Å². The van der Waals surface area contributed by atoms with Gasteiger partial charge in [-0.25, -0.2) is 4.79 Å². The molecule has 25 heavy (non-hydrogen) atoms. The molecule has 0 aliphatic rings. The minimum absolute atomic E-state index is 0.0521. The van der Waals surface area contributed by atoms with Gasteiger partial charge >= 0.3 is 5.69 Å². The summed E-state index contributed by atoms with van der Waals surface area (Å²) < 4.78 is 7.07. The number of aromatic nitrogens is 4. The summed E-state index contributed by atoms with van der Waals surface area (Å²) in [5.41, 5.74) is 1.78. The SMILES string of the molecule is O=c1[nH]c2ccccc2n1CCCSCc1nc(-c2cccs2)no1. The lowest BCUT2D eigenvalue weighted by atomic mass is 10.3. The summed E-state index contributed by atoms with van der Waals surface area (Å²) in [6, 6.07) is 11.7. The van der Waals surface area contributed by atoms with Gasteiger partial charge in [0.2, 0.25) is 11.7 Å². The van der Waals surface area contributed by atoms with E-state index in [-0.39, 0.29) is 5.69 Å². The molecule has 3 aromatic heterocycles. The second kappa shape index (κ2) is 7.28. The molecule has 128 valence electrons. The maximum atomic E-state index is 12.0. The van der Waals surface area contributed by atoms with Gasteiger partial charge in [-0.3, -0.25) is 4.57 Å². The molecule has 4 rings (SSSR count). The summed E-state index contributed by atoms with van der Waals surface area (Å²) in [4.78, 5) is 20.3. The average Bonchev–Trinajstić information content (AvgIpc) is 3.34. The van der Waals surface area contributed by atoms with Crippen molar-refractivity contribution in [3.8, 4) is 10.7 Å². The van der Waals surface area contributed by atoms with Gasteiger partial charge in [0.05, 0.1) is 21.7 Å². The summed E-state index contributed by atoms with van der Waals surface area (Å²) in [5, 5.41) is 6.00. The molecule has 8 heteroatoms. The standard InChI is InChI=1S/C17H16N4O2S2/c22-17-18-12-5-1-2-6-13(12)21(17)8-4-9-24-11-15-19-16(20-23-15)14-7-3-10-25-14/h1-3,5-7,10H,4,8-9,11H2,(H,18,22). The minimum Gasteiger partial charge on any atom is -0.338 e. The largest absolute Gasteiger partial charge is 0.338 e. The molecule has 0 unspecified atom stereocenters. The third-order valence-electron chi connectivity index (χ3n) is 3.79. The Bertz CT molecular complexity index is 1020. The summed E-state index contributed by atoms with van der Waals surface area (Å²) >= 11 is 3.33. The van der Waals surface area contributed by atoms with Gasteiger partial charge in [-0.05, 0) is 35.8 Å². The summed E-state index contributed by atoms with van der Waals surface area (Å²) in [7, 11) is 0. The summed E-state index contributed by atoms with van der Waals surface area (Å²) in [6.07, 6.45) is 0.901. The number of imidazole rings is 1. The number of thiophene rings is 1. The fraction of sp³-hybridized carbons (Fsp3) is 0.235. The van der Waals surface area contributed by atoms with Crippen LogP contribution in [0.5, 0.6) is 0 Å². The number of aromatic amines is 1. The number of rotatable bonds is 7. The lowest BCUT2D eigenvalue weighted by Gasteiger charge is -2.02. The monoisotopic (exact) mass is 372 g/mol. The molecule has 0 aliphatic heterocycles. The van der Waals surface area contributed by atoms with E-state index >= 15 is 0 Å². The number of nitrogens with zero attached hydrogens (tertiary/aromatic N) is 3. The Morgan fingerprint density at radius 1 is 1.24 bits per heavy atom. The quantitative estimate of drug-likeness (QED) is 0.500. The number of para-hydroxylation sites is 2. The van der Waals surface area contributed by atoms with E-state index in [1.165, 1.54) is 0 Å². The van der Waals surface area contributed by atoms with Gasteiger partial charge in [-0.1, -0.05) is 23.4 Å². The Morgan fingerprint density at radius 3 is 3.04 bits per heavy atom. The van der Waals surface area contributed by atoms with Crippen LogP contribution in [0.2, 0.25) is 0 Å². The molecule has 0 saturated carbocycles. The zero-order valence-corrected chi connectivity index (χ0v) is 15.0. The van der Waals surface area contributed by atoms with Crippen molar-refractivity contribution >= 4 is 34.1 Å². The second-order valence-corrected chi connectivity index (χ2v) is 7.55. The molecule has 0 spiro atoms. The molecule has 4 aromatic rings. The van der Waals surface area contributed by atoms with Crippen LogP contribution in [0.1, 0.15) is 12.3 Å². The Kier molecular flexibility index (Phi) is 4.71. The molecule has 0 radical (unpaired) electrons. The number of benzene rings is 1. The average molecular weight is 372 g/mol. The Labute approximate surface area is 151 Å². The molecule has 0 atom stereocenters. The van der Waals surface area contributed by atoms with Gasteiger partial charge in [-0.2, -0.15) is 16.7 Å². The first-order valence-electron chi connectivity index (χ1n) is 7.93. The van der Waals surface area contributed by atoms with Crippen molar-refractivity contribution in [2.45, 2.75) is 18.7 Å². The number of thioether (sulfide) groups is 1. The number of nitrogens with one attached hydrogen (secondary N) is 1. The molecular weight excluding hydrogens is 356 g/mol. The highest BCUT2D eigenvalue weighted by molar-refractivity contribution is 7.98.